The van der Waals surface area contributed by atoms with Gasteiger partial charge in [0.1, 0.15) is 18.2 Å². The molecule has 0 bridgehead atoms. The van der Waals surface area contributed by atoms with E-state index < -0.39 is 10.7 Å². The Labute approximate surface area is 120 Å². The Morgan fingerprint density at radius 2 is 2.10 bits per heavy atom. The highest BCUT2D eigenvalue weighted by Crippen LogP contribution is 2.24. The van der Waals surface area contributed by atoms with E-state index in [2.05, 4.69) is 0 Å². The number of halogens is 1. The number of carbonyl (C=O) groups excluding carboxylic acids is 1. The third kappa shape index (κ3) is 3.42. The van der Waals surface area contributed by atoms with Gasteiger partial charge in [-0.1, -0.05) is 12.1 Å². The molecule has 0 fully saturated rings. The van der Waals surface area contributed by atoms with Crippen LogP contribution in [0.1, 0.15) is 21.5 Å². The van der Waals surface area contributed by atoms with Gasteiger partial charge in [-0.3, -0.25) is 14.9 Å². The van der Waals surface area contributed by atoms with Gasteiger partial charge in [0.15, 0.2) is 6.29 Å². The number of ether oxygens (including phenoxy) is 1. The van der Waals surface area contributed by atoms with Crippen LogP contribution in [0, 0.1) is 22.9 Å². The molecule has 2 aromatic rings. The molecule has 21 heavy (non-hydrogen) atoms. The second-order valence-corrected chi connectivity index (χ2v) is 4.47. The Hall–Kier alpha value is -2.76. The van der Waals surface area contributed by atoms with Crippen LogP contribution in [-0.2, 0) is 6.61 Å². The average Bonchev–Trinajstić information content (AvgIpc) is 2.45. The number of hydrogen-bond donors (Lipinski definition) is 0. The highest BCUT2D eigenvalue weighted by atomic mass is 19.1. The molecule has 0 aliphatic carbocycles. The van der Waals surface area contributed by atoms with Crippen LogP contribution in [0.15, 0.2) is 36.4 Å². The number of nitro benzene ring substituents is 1. The van der Waals surface area contributed by atoms with Crippen molar-refractivity contribution in [3.63, 3.8) is 0 Å². The van der Waals surface area contributed by atoms with Gasteiger partial charge in [0, 0.05) is 6.07 Å². The van der Waals surface area contributed by atoms with Crippen molar-refractivity contribution < 1.29 is 18.8 Å². The number of non-ortho nitro benzene ring substituents is 1. The van der Waals surface area contributed by atoms with Crippen LogP contribution in [0.25, 0.3) is 0 Å². The molecule has 0 aromatic heterocycles. The van der Waals surface area contributed by atoms with Gasteiger partial charge in [0.05, 0.1) is 16.6 Å². The van der Waals surface area contributed by atoms with Gasteiger partial charge in [-0.15, -0.1) is 0 Å². The van der Waals surface area contributed by atoms with Gasteiger partial charge in [-0.2, -0.15) is 0 Å². The number of benzene rings is 2. The number of aryl methyl sites for hydroxylation is 1. The van der Waals surface area contributed by atoms with Crippen LogP contribution >= 0.6 is 0 Å². The van der Waals surface area contributed by atoms with E-state index in [1.165, 1.54) is 6.07 Å². The second kappa shape index (κ2) is 6.13. The van der Waals surface area contributed by atoms with Crippen LogP contribution < -0.4 is 4.74 Å². The summed E-state index contributed by atoms with van der Waals surface area (Å²) >= 11 is 0. The number of para-hydroxylation sites is 1. The largest absolute Gasteiger partial charge is 0.488 e. The summed E-state index contributed by atoms with van der Waals surface area (Å²) < 4.78 is 18.8. The van der Waals surface area contributed by atoms with Gasteiger partial charge < -0.3 is 4.74 Å². The zero-order valence-electron chi connectivity index (χ0n) is 11.2. The summed E-state index contributed by atoms with van der Waals surface area (Å²) in [5.74, 6) is -0.317. The van der Waals surface area contributed by atoms with Crippen molar-refractivity contribution in [2.45, 2.75) is 13.5 Å². The lowest BCUT2D eigenvalue weighted by Crippen LogP contribution is -2.01. The molecule has 6 heteroatoms. The Morgan fingerprint density at radius 3 is 2.76 bits per heavy atom. The maximum atomic E-state index is 13.3. The van der Waals surface area contributed by atoms with E-state index in [1.54, 1.807) is 25.1 Å². The summed E-state index contributed by atoms with van der Waals surface area (Å²) in [5, 5.41) is 10.7. The minimum atomic E-state index is -0.705. The maximum Gasteiger partial charge on any atom is 0.272 e. The molecular weight excluding hydrogens is 277 g/mol. The lowest BCUT2D eigenvalue weighted by atomic mass is 10.1. The third-order valence-electron chi connectivity index (χ3n) is 2.91. The first-order valence-corrected chi connectivity index (χ1v) is 6.12. The van der Waals surface area contributed by atoms with Crippen LogP contribution in [0.3, 0.4) is 0 Å². The fraction of sp³-hybridized carbons (Fsp3) is 0.133. The molecule has 0 saturated heterocycles. The first-order valence-electron chi connectivity index (χ1n) is 6.12. The van der Waals surface area contributed by atoms with Crippen molar-refractivity contribution in [1.29, 1.82) is 0 Å². The monoisotopic (exact) mass is 289 g/mol. The number of carbonyl (C=O) groups is 1. The van der Waals surface area contributed by atoms with Crippen molar-refractivity contribution >= 4 is 12.0 Å². The van der Waals surface area contributed by atoms with Gasteiger partial charge in [-0.05, 0) is 30.2 Å². The molecule has 0 saturated carbocycles. The molecule has 0 aliphatic rings. The first-order chi connectivity index (χ1) is 10.0. The Bertz CT molecular complexity index is 700. The van der Waals surface area contributed by atoms with Gasteiger partial charge >= 0.3 is 0 Å². The molecule has 2 aromatic carbocycles. The van der Waals surface area contributed by atoms with E-state index in [1.807, 2.05) is 0 Å². The summed E-state index contributed by atoms with van der Waals surface area (Å²) in [4.78, 5) is 21.0. The molecule has 0 amide bonds. The number of hydrogen-bond acceptors (Lipinski definition) is 4. The standard InChI is InChI=1S/C15H12FNO4/c1-10-3-2-4-12(8-18)15(10)21-9-11-5-13(16)7-14(6-11)17(19)20/h2-8H,9H2,1H3. The summed E-state index contributed by atoms with van der Waals surface area (Å²) in [6.45, 7) is 1.71. The minimum absolute atomic E-state index is 0.0652. The summed E-state index contributed by atoms with van der Waals surface area (Å²) in [6.07, 6.45) is 0.663. The zero-order chi connectivity index (χ0) is 15.4. The predicted octanol–water partition coefficient (Wildman–Crippen LogP) is 3.43. The quantitative estimate of drug-likeness (QED) is 0.480. The molecule has 0 heterocycles. The van der Waals surface area contributed by atoms with Crippen molar-refractivity contribution in [2.24, 2.45) is 0 Å². The first kappa shape index (κ1) is 14.6. The zero-order valence-corrected chi connectivity index (χ0v) is 11.2. The minimum Gasteiger partial charge on any atom is -0.488 e. The normalized spacial score (nSPS) is 10.2. The summed E-state index contributed by atoms with van der Waals surface area (Å²) in [5.41, 5.74) is 1.11. The van der Waals surface area contributed by atoms with E-state index in [0.717, 1.165) is 17.7 Å². The van der Waals surface area contributed by atoms with Crippen LogP contribution in [0.2, 0.25) is 0 Å². The van der Waals surface area contributed by atoms with Crippen molar-refractivity contribution in [1.82, 2.24) is 0 Å². The lowest BCUT2D eigenvalue weighted by molar-refractivity contribution is -0.385. The number of rotatable bonds is 5. The smallest absolute Gasteiger partial charge is 0.272 e. The van der Waals surface area contributed by atoms with E-state index in [9.17, 15) is 19.3 Å². The molecule has 0 unspecified atom stereocenters. The fourth-order valence-corrected chi connectivity index (χ4v) is 1.94. The van der Waals surface area contributed by atoms with E-state index >= 15 is 0 Å². The lowest BCUT2D eigenvalue weighted by Gasteiger charge is -2.11. The van der Waals surface area contributed by atoms with Crippen LogP contribution in [-0.4, -0.2) is 11.2 Å². The molecule has 0 aliphatic heterocycles. The highest BCUT2D eigenvalue weighted by Gasteiger charge is 2.11. The topological polar surface area (TPSA) is 69.4 Å². The third-order valence-corrected chi connectivity index (χ3v) is 2.91. The fourth-order valence-electron chi connectivity index (χ4n) is 1.94. The van der Waals surface area contributed by atoms with E-state index in [4.69, 9.17) is 4.74 Å². The van der Waals surface area contributed by atoms with Gasteiger partial charge in [0.25, 0.3) is 5.69 Å². The highest BCUT2D eigenvalue weighted by molar-refractivity contribution is 5.80. The van der Waals surface area contributed by atoms with Crippen LogP contribution in [0.4, 0.5) is 10.1 Å². The SMILES string of the molecule is Cc1cccc(C=O)c1OCc1cc(F)cc([N+](=O)[O-])c1. The number of aldehydes is 1. The van der Waals surface area contributed by atoms with E-state index in [0.29, 0.717) is 23.2 Å². The average molecular weight is 289 g/mol. The number of nitro groups is 1. The molecule has 2 rings (SSSR count). The summed E-state index contributed by atoms with van der Waals surface area (Å²) in [6, 6.07) is 8.33. The van der Waals surface area contributed by atoms with Crippen molar-refractivity contribution in [2.75, 3.05) is 0 Å². The molecule has 108 valence electrons. The Balaban J connectivity index is 2.25. The molecule has 0 spiro atoms. The summed E-state index contributed by atoms with van der Waals surface area (Å²) in [7, 11) is 0. The van der Waals surface area contributed by atoms with Gasteiger partial charge in [0.2, 0.25) is 0 Å². The van der Waals surface area contributed by atoms with Gasteiger partial charge in [-0.25, -0.2) is 4.39 Å². The predicted molar refractivity (Wildman–Crippen MR) is 74.0 cm³/mol. The second-order valence-electron chi connectivity index (χ2n) is 4.47. The molecule has 0 radical (unpaired) electrons. The van der Waals surface area contributed by atoms with E-state index in [-0.39, 0.29) is 12.3 Å². The Morgan fingerprint density at radius 1 is 1.33 bits per heavy atom. The number of nitrogens with zero attached hydrogens (tertiary/aromatic N) is 1. The molecular formula is C15H12FNO4. The molecule has 0 atom stereocenters. The molecule has 5 nitrogen and oxygen atoms in total. The maximum absolute atomic E-state index is 13.3. The van der Waals surface area contributed by atoms with Crippen molar-refractivity contribution in [3.05, 3.63) is 69.0 Å². The molecule has 0 N–H and O–H groups in total. The van der Waals surface area contributed by atoms with Crippen molar-refractivity contribution in [3.8, 4) is 5.75 Å². The Kier molecular flexibility index (Phi) is 4.27. The van der Waals surface area contributed by atoms with Crippen LogP contribution in [0.5, 0.6) is 5.75 Å².